The molecule has 1 aromatic carbocycles. The molecule has 0 aliphatic rings. The van der Waals surface area contributed by atoms with E-state index in [1.54, 1.807) is 0 Å². The molecule has 0 aliphatic heterocycles. The summed E-state index contributed by atoms with van der Waals surface area (Å²) in [6.07, 6.45) is 1.67. The van der Waals surface area contributed by atoms with Crippen LogP contribution in [0.2, 0.25) is 0 Å². The van der Waals surface area contributed by atoms with Gasteiger partial charge in [0.2, 0.25) is 9.05 Å². The lowest BCUT2D eigenvalue weighted by Crippen LogP contribution is -2.19. The Balaban J connectivity index is 2.65. The Morgan fingerprint density at radius 2 is 2.11 bits per heavy atom. The normalized spacial score (nSPS) is 13.3. The molecule has 1 aromatic rings. The summed E-state index contributed by atoms with van der Waals surface area (Å²) in [5.41, 5.74) is 1.13. The molecular formula is C13H18BrClO3S. The van der Waals surface area contributed by atoms with Crippen LogP contribution in [0.25, 0.3) is 0 Å². The van der Waals surface area contributed by atoms with Crippen molar-refractivity contribution in [2.75, 3.05) is 12.4 Å². The van der Waals surface area contributed by atoms with Crippen molar-refractivity contribution >= 4 is 35.7 Å². The zero-order chi connectivity index (χ0) is 14.5. The van der Waals surface area contributed by atoms with Crippen LogP contribution in [-0.2, 0) is 9.05 Å². The Labute approximate surface area is 127 Å². The molecule has 1 unspecified atom stereocenters. The Morgan fingerprint density at radius 1 is 1.42 bits per heavy atom. The summed E-state index contributed by atoms with van der Waals surface area (Å²) in [6, 6.07) is 5.79. The fraction of sp³-hybridized carbons (Fsp3) is 0.538. The minimum Gasteiger partial charge on any atom is -0.492 e. The van der Waals surface area contributed by atoms with Gasteiger partial charge in [0.1, 0.15) is 5.75 Å². The second-order valence-electron chi connectivity index (χ2n) is 4.61. The lowest BCUT2D eigenvalue weighted by Gasteiger charge is -2.16. The van der Waals surface area contributed by atoms with Gasteiger partial charge in [-0.15, -0.1) is 0 Å². The Bertz CT molecular complexity index is 517. The minimum absolute atomic E-state index is 0.0497. The van der Waals surface area contributed by atoms with Crippen molar-refractivity contribution in [1.82, 2.24) is 0 Å². The Hall–Kier alpha value is -0.260. The number of benzene rings is 1. The predicted molar refractivity (Wildman–Crippen MR) is 82.4 cm³/mol. The number of ether oxygens (including phenoxy) is 1. The van der Waals surface area contributed by atoms with E-state index in [1.807, 2.05) is 32.0 Å². The van der Waals surface area contributed by atoms with Gasteiger partial charge in [-0.3, -0.25) is 0 Å². The van der Waals surface area contributed by atoms with Crippen LogP contribution in [0.4, 0.5) is 0 Å². The van der Waals surface area contributed by atoms with Gasteiger partial charge in [-0.2, -0.15) is 0 Å². The van der Waals surface area contributed by atoms with Crippen molar-refractivity contribution in [2.45, 2.75) is 26.7 Å². The summed E-state index contributed by atoms with van der Waals surface area (Å²) in [5.74, 6) is 0.589. The summed E-state index contributed by atoms with van der Waals surface area (Å²) >= 11 is 3.43. The molecule has 0 aromatic heterocycles. The maximum absolute atomic E-state index is 11.1. The Kier molecular flexibility index (Phi) is 6.63. The van der Waals surface area contributed by atoms with Gasteiger partial charge in [0.15, 0.2) is 0 Å². The van der Waals surface area contributed by atoms with Gasteiger partial charge in [-0.1, -0.05) is 19.4 Å². The maximum atomic E-state index is 11.1. The van der Waals surface area contributed by atoms with Gasteiger partial charge in [-0.25, -0.2) is 8.42 Å². The first-order valence-corrected chi connectivity index (χ1v) is 9.40. The van der Waals surface area contributed by atoms with E-state index in [0.717, 1.165) is 28.6 Å². The molecule has 6 heteroatoms. The molecule has 0 amide bonds. The second-order valence-corrected chi connectivity index (χ2v) is 8.28. The van der Waals surface area contributed by atoms with E-state index in [0.29, 0.717) is 6.61 Å². The van der Waals surface area contributed by atoms with Crippen molar-refractivity contribution in [3.8, 4) is 5.75 Å². The summed E-state index contributed by atoms with van der Waals surface area (Å²) in [5, 5.41) is 0. The minimum atomic E-state index is -3.49. The van der Waals surface area contributed by atoms with E-state index in [2.05, 4.69) is 15.9 Å². The van der Waals surface area contributed by atoms with Crippen molar-refractivity contribution in [3.63, 3.8) is 0 Å². The molecule has 108 valence electrons. The fourth-order valence-electron chi connectivity index (χ4n) is 1.84. The third kappa shape index (κ3) is 6.63. The SMILES string of the molecule is CCCC(COc1ccc(C)cc1Br)CS(=O)(=O)Cl. The van der Waals surface area contributed by atoms with E-state index in [9.17, 15) is 8.42 Å². The third-order valence-corrected chi connectivity index (χ3v) is 4.56. The highest BCUT2D eigenvalue weighted by Gasteiger charge is 2.17. The van der Waals surface area contributed by atoms with Crippen molar-refractivity contribution in [1.29, 1.82) is 0 Å². The van der Waals surface area contributed by atoms with Gasteiger partial charge >= 0.3 is 0 Å². The first-order chi connectivity index (χ1) is 8.81. The molecule has 3 nitrogen and oxygen atoms in total. The number of halogens is 2. The summed E-state index contributed by atoms with van der Waals surface area (Å²) in [6.45, 7) is 4.35. The number of hydrogen-bond acceptors (Lipinski definition) is 3. The molecule has 0 aliphatic carbocycles. The fourth-order valence-corrected chi connectivity index (χ4v) is 3.80. The zero-order valence-electron chi connectivity index (χ0n) is 11.0. The molecule has 1 rings (SSSR count). The molecular weight excluding hydrogens is 352 g/mol. The molecule has 0 N–H and O–H groups in total. The van der Waals surface area contributed by atoms with Gasteiger partial charge in [0.25, 0.3) is 0 Å². The lowest BCUT2D eigenvalue weighted by atomic mass is 10.1. The summed E-state index contributed by atoms with van der Waals surface area (Å²) in [4.78, 5) is 0. The smallest absolute Gasteiger partial charge is 0.232 e. The van der Waals surface area contributed by atoms with E-state index in [4.69, 9.17) is 15.4 Å². The topological polar surface area (TPSA) is 43.4 Å². The number of aryl methyl sites for hydroxylation is 1. The maximum Gasteiger partial charge on any atom is 0.232 e. The molecule has 0 fully saturated rings. The molecule has 1 atom stereocenters. The third-order valence-electron chi connectivity index (χ3n) is 2.69. The molecule has 0 radical (unpaired) electrons. The highest BCUT2D eigenvalue weighted by atomic mass is 79.9. The highest BCUT2D eigenvalue weighted by molar-refractivity contribution is 9.10. The first-order valence-electron chi connectivity index (χ1n) is 6.13. The summed E-state index contributed by atoms with van der Waals surface area (Å²) in [7, 11) is 1.82. The molecule has 0 bridgehead atoms. The van der Waals surface area contributed by atoms with Crippen LogP contribution in [0.15, 0.2) is 22.7 Å². The Morgan fingerprint density at radius 3 is 2.63 bits per heavy atom. The predicted octanol–water partition coefficient (Wildman–Crippen LogP) is 4.12. The van der Waals surface area contributed by atoms with Gasteiger partial charge in [-0.05, 0) is 47.0 Å². The molecule has 0 saturated heterocycles. The monoisotopic (exact) mass is 368 g/mol. The summed E-state index contributed by atoms with van der Waals surface area (Å²) < 4.78 is 28.8. The van der Waals surface area contributed by atoms with Crippen LogP contribution in [0.5, 0.6) is 5.75 Å². The quantitative estimate of drug-likeness (QED) is 0.679. The van der Waals surface area contributed by atoms with E-state index in [-0.39, 0.29) is 11.7 Å². The largest absolute Gasteiger partial charge is 0.492 e. The zero-order valence-corrected chi connectivity index (χ0v) is 14.2. The standard InChI is InChI=1S/C13H18BrClO3S/c1-3-4-11(9-19(15,16)17)8-18-13-6-5-10(2)7-12(13)14/h5-7,11H,3-4,8-9H2,1-2H3. The van der Waals surface area contributed by atoms with Crippen LogP contribution in [0.1, 0.15) is 25.3 Å². The van der Waals surface area contributed by atoms with E-state index in [1.165, 1.54) is 0 Å². The average molecular weight is 370 g/mol. The van der Waals surface area contributed by atoms with E-state index >= 15 is 0 Å². The van der Waals surface area contributed by atoms with Gasteiger partial charge in [0.05, 0.1) is 16.8 Å². The van der Waals surface area contributed by atoms with Crippen LogP contribution in [-0.4, -0.2) is 20.8 Å². The molecule has 0 saturated carbocycles. The van der Waals surface area contributed by atoms with Crippen LogP contribution < -0.4 is 4.74 Å². The highest BCUT2D eigenvalue weighted by Crippen LogP contribution is 2.26. The number of hydrogen-bond donors (Lipinski definition) is 0. The van der Waals surface area contributed by atoms with Crippen LogP contribution in [0, 0.1) is 12.8 Å². The van der Waals surface area contributed by atoms with Gasteiger partial charge < -0.3 is 4.74 Å². The van der Waals surface area contributed by atoms with Crippen molar-refractivity contribution in [3.05, 3.63) is 28.2 Å². The molecule has 19 heavy (non-hydrogen) atoms. The van der Waals surface area contributed by atoms with Crippen molar-refractivity contribution < 1.29 is 13.2 Å². The number of rotatable bonds is 7. The lowest BCUT2D eigenvalue weighted by molar-refractivity contribution is 0.251. The van der Waals surface area contributed by atoms with Crippen molar-refractivity contribution in [2.24, 2.45) is 5.92 Å². The average Bonchev–Trinajstić information content (AvgIpc) is 2.26. The van der Waals surface area contributed by atoms with E-state index < -0.39 is 9.05 Å². The van der Waals surface area contributed by atoms with Gasteiger partial charge in [0, 0.05) is 16.6 Å². The second kappa shape index (κ2) is 7.50. The van der Waals surface area contributed by atoms with Crippen LogP contribution in [0.3, 0.4) is 0 Å². The molecule has 0 spiro atoms. The first kappa shape index (κ1) is 16.8. The van der Waals surface area contributed by atoms with Crippen LogP contribution >= 0.6 is 26.6 Å². The molecule has 0 heterocycles.